The minimum atomic E-state index is -0.482. The maximum Gasteiger partial charge on any atom is 0.143 e. The zero-order chi connectivity index (χ0) is 18.1. The third-order valence-electron chi connectivity index (χ3n) is 4.75. The lowest BCUT2D eigenvalue weighted by Crippen LogP contribution is -2.50. The maximum atomic E-state index is 10.0. The quantitative estimate of drug-likeness (QED) is 0.520. The van der Waals surface area contributed by atoms with Gasteiger partial charge >= 0.3 is 0 Å². The summed E-state index contributed by atoms with van der Waals surface area (Å²) >= 11 is 3.49. The molecular weight excluding hydrogens is 396 g/mol. The van der Waals surface area contributed by atoms with Crippen LogP contribution in [0.25, 0.3) is 11.0 Å². The van der Waals surface area contributed by atoms with Crippen molar-refractivity contribution in [2.45, 2.75) is 25.1 Å². The van der Waals surface area contributed by atoms with E-state index in [1.807, 2.05) is 30.5 Å². The number of nitrogens with zero attached hydrogens (tertiary/aromatic N) is 3. The number of aromatic nitrogens is 3. The van der Waals surface area contributed by atoms with Gasteiger partial charge in [-0.1, -0.05) is 22.0 Å². The lowest BCUT2D eigenvalue weighted by Gasteiger charge is -2.33. The summed E-state index contributed by atoms with van der Waals surface area (Å²) in [5.74, 6) is 0.763. The largest absolute Gasteiger partial charge is 0.390 e. The number of fused-ring (bicyclic) bond motifs is 1. The summed E-state index contributed by atoms with van der Waals surface area (Å²) in [4.78, 5) is 14.2. The Balaban J connectivity index is 1.62. The molecule has 136 valence electrons. The lowest BCUT2D eigenvalue weighted by molar-refractivity contribution is 0.0501. The van der Waals surface area contributed by atoms with Gasteiger partial charge in [0.2, 0.25) is 0 Å². The molecular formula is C18H21BrN6O. The average molecular weight is 417 g/mol. The van der Waals surface area contributed by atoms with Gasteiger partial charge in [0.15, 0.2) is 0 Å². The Morgan fingerprint density at radius 3 is 3.08 bits per heavy atom. The van der Waals surface area contributed by atoms with Gasteiger partial charge in [0.25, 0.3) is 0 Å². The maximum absolute atomic E-state index is 10.0. The van der Waals surface area contributed by atoms with Crippen LogP contribution in [0.5, 0.6) is 0 Å². The highest BCUT2D eigenvalue weighted by Crippen LogP contribution is 2.28. The zero-order valence-corrected chi connectivity index (χ0v) is 15.8. The number of aliphatic hydroxyl groups excluding tert-OH is 1. The van der Waals surface area contributed by atoms with Gasteiger partial charge in [-0.15, -0.1) is 0 Å². The molecule has 1 saturated heterocycles. The van der Waals surface area contributed by atoms with E-state index in [0.29, 0.717) is 13.1 Å². The first-order valence-electron chi connectivity index (χ1n) is 8.59. The van der Waals surface area contributed by atoms with Crippen molar-refractivity contribution in [3.63, 3.8) is 0 Å². The highest BCUT2D eigenvalue weighted by atomic mass is 79.9. The number of halogens is 1. The van der Waals surface area contributed by atoms with Crippen molar-refractivity contribution < 1.29 is 5.11 Å². The average Bonchev–Trinajstić information content (AvgIpc) is 3.02. The van der Waals surface area contributed by atoms with Crippen LogP contribution in [0.1, 0.15) is 12.0 Å². The summed E-state index contributed by atoms with van der Waals surface area (Å²) in [5, 5.41) is 14.4. The van der Waals surface area contributed by atoms with E-state index in [2.05, 4.69) is 41.1 Å². The third-order valence-corrected chi connectivity index (χ3v) is 5.24. The Labute approximate surface area is 159 Å². The topological polar surface area (TPSA) is 103 Å². The molecule has 26 heavy (non-hydrogen) atoms. The van der Waals surface area contributed by atoms with Gasteiger partial charge < -0.3 is 21.1 Å². The van der Waals surface area contributed by atoms with Crippen molar-refractivity contribution in [1.82, 2.24) is 19.9 Å². The Kier molecular flexibility index (Phi) is 4.90. The molecule has 4 rings (SSSR count). The fraction of sp³-hybridized carbons (Fsp3) is 0.333. The van der Waals surface area contributed by atoms with E-state index < -0.39 is 6.10 Å². The molecule has 0 amide bonds. The summed E-state index contributed by atoms with van der Waals surface area (Å²) in [5.41, 5.74) is 8.75. The van der Waals surface area contributed by atoms with Crippen molar-refractivity contribution in [1.29, 1.82) is 0 Å². The number of anilines is 2. The van der Waals surface area contributed by atoms with E-state index >= 15 is 0 Å². The SMILES string of the molecule is N[C@@H]1CCN(Cc2c[nH]c3ncnc(Nc4cccc(Br)c4)c23)C[C@H]1O. The van der Waals surface area contributed by atoms with E-state index in [1.54, 1.807) is 6.33 Å². The van der Waals surface area contributed by atoms with Crippen molar-refractivity contribution in [2.75, 3.05) is 18.4 Å². The van der Waals surface area contributed by atoms with Crippen molar-refractivity contribution >= 4 is 38.5 Å². The number of rotatable bonds is 4. The van der Waals surface area contributed by atoms with Crippen LogP contribution in [0.3, 0.4) is 0 Å². The number of aliphatic hydroxyl groups is 1. The smallest absolute Gasteiger partial charge is 0.143 e. The van der Waals surface area contributed by atoms with Gasteiger partial charge in [0, 0.05) is 42.0 Å². The van der Waals surface area contributed by atoms with Crippen molar-refractivity contribution in [3.8, 4) is 0 Å². The van der Waals surface area contributed by atoms with Crippen molar-refractivity contribution in [3.05, 3.63) is 46.8 Å². The van der Waals surface area contributed by atoms with Gasteiger partial charge in [0.05, 0.1) is 11.5 Å². The van der Waals surface area contributed by atoms with Crippen LogP contribution in [-0.2, 0) is 6.54 Å². The van der Waals surface area contributed by atoms with Crippen LogP contribution < -0.4 is 11.1 Å². The van der Waals surface area contributed by atoms with E-state index in [1.165, 1.54) is 0 Å². The summed E-state index contributed by atoms with van der Waals surface area (Å²) in [6, 6.07) is 7.82. The molecule has 3 aromatic rings. The number of likely N-dealkylation sites (tertiary alicyclic amines) is 1. The van der Waals surface area contributed by atoms with Crippen LogP contribution in [0.4, 0.5) is 11.5 Å². The molecule has 1 aliphatic heterocycles. The first-order valence-corrected chi connectivity index (χ1v) is 9.39. The van der Waals surface area contributed by atoms with Crippen LogP contribution in [-0.4, -0.2) is 50.2 Å². The molecule has 5 N–H and O–H groups in total. The molecule has 1 fully saturated rings. The highest BCUT2D eigenvalue weighted by molar-refractivity contribution is 9.10. The van der Waals surface area contributed by atoms with Gasteiger partial charge in [-0.3, -0.25) is 4.90 Å². The number of H-pyrrole nitrogens is 1. The predicted octanol–water partition coefficient (Wildman–Crippen LogP) is 2.36. The summed E-state index contributed by atoms with van der Waals surface area (Å²) in [6.45, 7) is 2.16. The Hall–Kier alpha value is -2.00. The van der Waals surface area contributed by atoms with Crippen LogP contribution >= 0.6 is 15.9 Å². The monoisotopic (exact) mass is 416 g/mol. The molecule has 0 bridgehead atoms. The Morgan fingerprint density at radius 1 is 1.38 bits per heavy atom. The number of piperidine rings is 1. The minimum Gasteiger partial charge on any atom is -0.390 e. The fourth-order valence-corrected chi connectivity index (χ4v) is 3.75. The van der Waals surface area contributed by atoms with Gasteiger partial charge in [0.1, 0.15) is 17.8 Å². The first kappa shape index (κ1) is 17.4. The number of nitrogens with one attached hydrogen (secondary N) is 2. The number of hydrogen-bond donors (Lipinski definition) is 4. The lowest BCUT2D eigenvalue weighted by atomic mass is 10.0. The minimum absolute atomic E-state index is 0.133. The molecule has 0 unspecified atom stereocenters. The molecule has 0 radical (unpaired) electrons. The van der Waals surface area contributed by atoms with Gasteiger partial charge in [-0.05, 0) is 30.2 Å². The molecule has 3 heterocycles. The second-order valence-electron chi connectivity index (χ2n) is 6.65. The summed E-state index contributed by atoms with van der Waals surface area (Å²) < 4.78 is 1.00. The Bertz CT molecular complexity index is 914. The predicted molar refractivity (Wildman–Crippen MR) is 105 cm³/mol. The molecule has 1 aromatic carbocycles. The second kappa shape index (κ2) is 7.32. The van der Waals surface area contributed by atoms with Crippen LogP contribution in [0.15, 0.2) is 41.3 Å². The molecule has 0 saturated carbocycles. The highest BCUT2D eigenvalue weighted by Gasteiger charge is 2.25. The number of nitrogens with two attached hydrogens (primary N) is 1. The summed E-state index contributed by atoms with van der Waals surface area (Å²) in [7, 11) is 0. The molecule has 0 aliphatic carbocycles. The Morgan fingerprint density at radius 2 is 2.27 bits per heavy atom. The van der Waals surface area contributed by atoms with E-state index in [4.69, 9.17) is 5.73 Å². The first-order chi connectivity index (χ1) is 12.6. The molecule has 2 atom stereocenters. The zero-order valence-electron chi connectivity index (χ0n) is 14.2. The normalized spacial score (nSPS) is 21.2. The second-order valence-corrected chi connectivity index (χ2v) is 7.57. The third kappa shape index (κ3) is 3.59. The molecule has 0 spiro atoms. The number of aromatic amines is 1. The number of benzene rings is 1. The van der Waals surface area contributed by atoms with E-state index in [9.17, 15) is 5.11 Å². The molecule has 7 nitrogen and oxygen atoms in total. The standard InChI is InChI=1S/C18H21BrN6O/c19-12-2-1-3-13(6-12)24-18-16-11(7-21-17(16)22-10-23-18)8-25-5-4-14(20)15(26)9-25/h1-3,6-7,10,14-15,26H,4-5,8-9,20H2,(H2,21,22,23,24)/t14-,15-/m1/s1. The van der Waals surface area contributed by atoms with E-state index in [-0.39, 0.29) is 6.04 Å². The molecule has 2 aromatic heterocycles. The summed E-state index contributed by atoms with van der Waals surface area (Å²) in [6.07, 6.45) is 3.83. The fourth-order valence-electron chi connectivity index (χ4n) is 3.35. The van der Waals surface area contributed by atoms with Crippen molar-refractivity contribution in [2.24, 2.45) is 5.73 Å². The number of hydrogen-bond acceptors (Lipinski definition) is 6. The van der Waals surface area contributed by atoms with Crippen LogP contribution in [0.2, 0.25) is 0 Å². The van der Waals surface area contributed by atoms with E-state index in [0.717, 1.165) is 45.5 Å². The van der Waals surface area contributed by atoms with Gasteiger partial charge in [-0.2, -0.15) is 0 Å². The number of β-amino-alcohol motifs (C(OH)–C–C–N with tert-alkyl or cyclic N) is 1. The molecule has 8 heteroatoms. The van der Waals surface area contributed by atoms with Crippen LogP contribution in [0, 0.1) is 0 Å². The molecule has 1 aliphatic rings. The van der Waals surface area contributed by atoms with Gasteiger partial charge in [-0.25, -0.2) is 9.97 Å².